The summed E-state index contributed by atoms with van der Waals surface area (Å²) in [4.78, 5) is 13.5. The highest BCUT2D eigenvalue weighted by molar-refractivity contribution is 7.10. The van der Waals surface area contributed by atoms with Crippen LogP contribution >= 0.6 is 11.3 Å². The fraction of sp³-hybridized carbons (Fsp3) is 0.462. The number of carbonyl (C=O) groups is 1. The summed E-state index contributed by atoms with van der Waals surface area (Å²) in [6.45, 7) is 2.01. The largest absolute Gasteiger partial charge is 0.424 e. The van der Waals surface area contributed by atoms with E-state index in [1.54, 1.807) is 18.3 Å². The normalized spacial score (nSPS) is 14.2. The monoisotopic (exact) mass is 277 g/mol. The van der Waals surface area contributed by atoms with Crippen LogP contribution in [0.4, 0.5) is 0 Å². The number of nitrogens with zero attached hydrogens (tertiary/aromatic N) is 2. The molecule has 2 aromatic rings. The third-order valence-electron chi connectivity index (χ3n) is 3.27. The average Bonchev–Trinajstić information content (AvgIpc) is 3.02. The summed E-state index contributed by atoms with van der Waals surface area (Å²) in [6, 6.07) is 0. The Morgan fingerprint density at radius 1 is 1.42 bits per heavy atom. The SMILES string of the molecule is Cc1nnc(CNC(=O)c2csc3c2CCCC3)o1. The topological polar surface area (TPSA) is 68.0 Å². The van der Waals surface area contributed by atoms with Crippen LogP contribution in [0, 0.1) is 6.92 Å². The number of aryl methyl sites for hydroxylation is 2. The predicted molar refractivity (Wildman–Crippen MR) is 71.2 cm³/mol. The minimum absolute atomic E-state index is 0.0461. The van der Waals surface area contributed by atoms with Gasteiger partial charge in [-0.1, -0.05) is 0 Å². The van der Waals surface area contributed by atoms with Crippen LogP contribution < -0.4 is 5.32 Å². The van der Waals surface area contributed by atoms with Crippen molar-refractivity contribution in [2.24, 2.45) is 0 Å². The number of aromatic nitrogens is 2. The predicted octanol–water partition coefficient (Wildman–Crippen LogP) is 2.25. The van der Waals surface area contributed by atoms with Crippen LogP contribution in [0.25, 0.3) is 0 Å². The van der Waals surface area contributed by atoms with Crippen molar-refractivity contribution in [2.75, 3.05) is 0 Å². The molecule has 1 aliphatic rings. The van der Waals surface area contributed by atoms with Gasteiger partial charge in [0.15, 0.2) is 0 Å². The maximum Gasteiger partial charge on any atom is 0.252 e. The molecule has 0 aliphatic heterocycles. The fourth-order valence-electron chi connectivity index (χ4n) is 2.34. The van der Waals surface area contributed by atoms with Gasteiger partial charge in [-0.25, -0.2) is 0 Å². The van der Waals surface area contributed by atoms with Crippen LogP contribution in [0.2, 0.25) is 0 Å². The van der Waals surface area contributed by atoms with Crippen LogP contribution in [-0.2, 0) is 19.4 Å². The lowest BCUT2D eigenvalue weighted by atomic mass is 9.96. The van der Waals surface area contributed by atoms with Gasteiger partial charge in [0.2, 0.25) is 11.8 Å². The van der Waals surface area contributed by atoms with Crippen molar-refractivity contribution in [3.8, 4) is 0 Å². The molecule has 19 heavy (non-hydrogen) atoms. The molecule has 3 rings (SSSR count). The van der Waals surface area contributed by atoms with Gasteiger partial charge in [0.1, 0.15) is 0 Å². The standard InChI is InChI=1S/C13H15N3O2S/c1-8-15-16-12(18-8)6-14-13(17)10-7-19-11-5-3-2-4-9(10)11/h7H,2-6H2,1H3,(H,14,17). The number of hydrogen-bond acceptors (Lipinski definition) is 5. The number of carbonyl (C=O) groups excluding carboxylic acids is 1. The highest BCUT2D eigenvalue weighted by Crippen LogP contribution is 2.30. The van der Waals surface area contributed by atoms with Gasteiger partial charge in [-0.2, -0.15) is 0 Å². The summed E-state index contributed by atoms with van der Waals surface area (Å²) in [7, 11) is 0. The molecule has 5 nitrogen and oxygen atoms in total. The molecule has 1 N–H and O–H groups in total. The summed E-state index contributed by atoms with van der Waals surface area (Å²) in [6.07, 6.45) is 4.53. The summed E-state index contributed by atoms with van der Waals surface area (Å²) in [5.74, 6) is 0.905. The molecule has 6 heteroatoms. The Bertz CT molecular complexity index is 603. The van der Waals surface area contributed by atoms with Crippen molar-refractivity contribution >= 4 is 17.2 Å². The number of thiophene rings is 1. The molecule has 0 unspecified atom stereocenters. The zero-order valence-corrected chi connectivity index (χ0v) is 11.5. The molecule has 0 saturated heterocycles. The second-order valence-corrected chi connectivity index (χ2v) is 5.62. The summed E-state index contributed by atoms with van der Waals surface area (Å²) in [5, 5.41) is 12.4. The second kappa shape index (κ2) is 5.13. The van der Waals surface area contributed by atoms with E-state index >= 15 is 0 Å². The van der Waals surface area contributed by atoms with Gasteiger partial charge >= 0.3 is 0 Å². The molecule has 1 amide bonds. The van der Waals surface area contributed by atoms with E-state index in [1.165, 1.54) is 23.3 Å². The van der Waals surface area contributed by atoms with Gasteiger partial charge in [-0.15, -0.1) is 21.5 Å². The third-order valence-corrected chi connectivity index (χ3v) is 4.36. The van der Waals surface area contributed by atoms with E-state index in [1.807, 2.05) is 5.38 Å². The Hall–Kier alpha value is -1.69. The first-order valence-electron chi connectivity index (χ1n) is 6.40. The highest BCUT2D eigenvalue weighted by Gasteiger charge is 2.20. The van der Waals surface area contributed by atoms with E-state index < -0.39 is 0 Å². The molecule has 0 radical (unpaired) electrons. The second-order valence-electron chi connectivity index (χ2n) is 4.66. The Kier molecular flexibility index (Phi) is 3.33. The van der Waals surface area contributed by atoms with Gasteiger partial charge in [-0.05, 0) is 31.2 Å². The maximum absolute atomic E-state index is 12.2. The Balaban J connectivity index is 1.69. The van der Waals surface area contributed by atoms with E-state index in [2.05, 4.69) is 15.5 Å². The molecule has 0 spiro atoms. The number of fused-ring (bicyclic) bond motifs is 1. The minimum atomic E-state index is -0.0461. The molecular weight excluding hydrogens is 262 g/mol. The Labute approximate surface area is 115 Å². The van der Waals surface area contributed by atoms with Crippen molar-refractivity contribution < 1.29 is 9.21 Å². The molecule has 1 aliphatic carbocycles. The lowest BCUT2D eigenvalue weighted by molar-refractivity contribution is 0.0946. The molecule has 2 aromatic heterocycles. The van der Waals surface area contributed by atoms with Crippen LogP contribution in [0.3, 0.4) is 0 Å². The number of amides is 1. The molecular formula is C13H15N3O2S. The van der Waals surface area contributed by atoms with E-state index in [-0.39, 0.29) is 12.5 Å². The molecule has 100 valence electrons. The van der Waals surface area contributed by atoms with Gasteiger partial charge in [-0.3, -0.25) is 4.79 Å². The van der Waals surface area contributed by atoms with E-state index in [0.29, 0.717) is 11.8 Å². The zero-order valence-electron chi connectivity index (χ0n) is 10.7. The first kappa shape index (κ1) is 12.3. The van der Waals surface area contributed by atoms with Crippen molar-refractivity contribution in [3.05, 3.63) is 33.2 Å². The smallest absolute Gasteiger partial charge is 0.252 e. The van der Waals surface area contributed by atoms with Gasteiger partial charge in [0.05, 0.1) is 12.1 Å². The van der Waals surface area contributed by atoms with Crippen molar-refractivity contribution in [1.82, 2.24) is 15.5 Å². The Morgan fingerprint density at radius 3 is 3.05 bits per heavy atom. The minimum Gasteiger partial charge on any atom is -0.424 e. The van der Waals surface area contributed by atoms with Crippen molar-refractivity contribution in [1.29, 1.82) is 0 Å². The molecule has 0 atom stereocenters. The van der Waals surface area contributed by atoms with Crippen LogP contribution in [-0.4, -0.2) is 16.1 Å². The van der Waals surface area contributed by atoms with Crippen molar-refractivity contribution in [2.45, 2.75) is 39.2 Å². The average molecular weight is 277 g/mol. The highest BCUT2D eigenvalue weighted by atomic mass is 32.1. The van der Waals surface area contributed by atoms with E-state index in [4.69, 9.17) is 4.42 Å². The molecule has 0 aromatic carbocycles. The molecule has 0 fully saturated rings. The quantitative estimate of drug-likeness (QED) is 0.934. The van der Waals surface area contributed by atoms with Crippen LogP contribution in [0.15, 0.2) is 9.80 Å². The molecule has 0 saturated carbocycles. The number of hydrogen-bond donors (Lipinski definition) is 1. The van der Waals surface area contributed by atoms with Gasteiger partial charge < -0.3 is 9.73 Å². The van der Waals surface area contributed by atoms with Crippen LogP contribution in [0.5, 0.6) is 0 Å². The number of rotatable bonds is 3. The Morgan fingerprint density at radius 2 is 2.26 bits per heavy atom. The first-order valence-corrected chi connectivity index (χ1v) is 7.28. The first-order chi connectivity index (χ1) is 9.24. The summed E-state index contributed by atoms with van der Waals surface area (Å²) >= 11 is 1.69. The van der Waals surface area contributed by atoms with E-state index in [9.17, 15) is 4.79 Å². The third kappa shape index (κ3) is 2.53. The molecule has 0 bridgehead atoms. The summed E-state index contributed by atoms with van der Waals surface area (Å²) in [5.41, 5.74) is 2.05. The van der Waals surface area contributed by atoms with E-state index in [0.717, 1.165) is 18.4 Å². The maximum atomic E-state index is 12.2. The van der Waals surface area contributed by atoms with Gasteiger partial charge in [0.25, 0.3) is 5.91 Å². The fourth-order valence-corrected chi connectivity index (χ4v) is 3.47. The lowest BCUT2D eigenvalue weighted by Gasteiger charge is -2.12. The summed E-state index contributed by atoms with van der Waals surface area (Å²) < 4.78 is 5.23. The number of nitrogens with one attached hydrogen (secondary N) is 1. The van der Waals surface area contributed by atoms with Crippen LogP contribution in [0.1, 0.15) is 45.4 Å². The zero-order chi connectivity index (χ0) is 13.2. The molecule has 2 heterocycles. The van der Waals surface area contributed by atoms with Crippen molar-refractivity contribution in [3.63, 3.8) is 0 Å². The lowest BCUT2D eigenvalue weighted by Crippen LogP contribution is -2.24. The van der Waals surface area contributed by atoms with Gasteiger partial charge in [0, 0.05) is 17.2 Å².